The Kier molecular flexibility index (Phi) is 6.66. The molecule has 4 amide bonds. The van der Waals surface area contributed by atoms with Gasteiger partial charge in [-0.25, -0.2) is 4.79 Å². The standard InChI is InChI=1S/C27H25ClF3N5O3/c1-16(27(29,30)31)35(13-17-4-3-5-21(28)10-17)23(37)15-36-24(38)26(33-25(36)39)9-8-19-11-18(6-7-22(19)26)20-12-32-34(2)14-20/h3-7,10-12,14,16H,8-9,13,15H2,1-2H3,(H,33,39)/t16-,26-/m0/s1. The molecule has 0 bridgehead atoms. The second-order valence-corrected chi connectivity index (χ2v) is 10.3. The number of nitrogens with one attached hydrogen (secondary N) is 1. The van der Waals surface area contributed by atoms with E-state index in [0.717, 1.165) is 23.6 Å². The van der Waals surface area contributed by atoms with E-state index in [1.165, 1.54) is 6.07 Å². The highest BCUT2D eigenvalue weighted by Crippen LogP contribution is 2.43. The van der Waals surface area contributed by atoms with Crippen LogP contribution in [-0.2, 0) is 35.1 Å². The molecule has 1 aliphatic heterocycles. The van der Waals surface area contributed by atoms with E-state index in [1.54, 1.807) is 42.2 Å². The van der Waals surface area contributed by atoms with Crippen molar-refractivity contribution < 1.29 is 27.6 Å². The Morgan fingerprint density at radius 1 is 1.21 bits per heavy atom. The van der Waals surface area contributed by atoms with Crippen LogP contribution in [0.2, 0.25) is 5.02 Å². The van der Waals surface area contributed by atoms with Crippen LogP contribution in [0.15, 0.2) is 54.9 Å². The van der Waals surface area contributed by atoms with Crippen molar-refractivity contribution in [2.45, 2.75) is 44.1 Å². The molecule has 1 saturated heterocycles. The minimum atomic E-state index is -4.72. The Hall–Kier alpha value is -3.86. The number of hydrogen-bond acceptors (Lipinski definition) is 4. The van der Waals surface area contributed by atoms with Gasteiger partial charge in [0.25, 0.3) is 5.91 Å². The Bertz CT molecular complexity index is 1470. The van der Waals surface area contributed by atoms with Gasteiger partial charge < -0.3 is 10.2 Å². The first-order chi connectivity index (χ1) is 18.4. The molecule has 5 rings (SSSR count). The Morgan fingerprint density at radius 3 is 2.64 bits per heavy atom. The van der Waals surface area contributed by atoms with Crippen molar-refractivity contribution in [1.82, 2.24) is 24.9 Å². The van der Waals surface area contributed by atoms with Crippen LogP contribution in [0.4, 0.5) is 18.0 Å². The van der Waals surface area contributed by atoms with Crippen LogP contribution in [-0.4, -0.2) is 56.2 Å². The average molecular weight is 560 g/mol. The van der Waals surface area contributed by atoms with Gasteiger partial charge in [-0.3, -0.25) is 19.2 Å². The summed E-state index contributed by atoms with van der Waals surface area (Å²) in [5, 5.41) is 7.20. The molecule has 0 radical (unpaired) electrons. The molecule has 1 aromatic heterocycles. The first-order valence-electron chi connectivity index (χ1n) is 12.3. The Labute approximate surface area is 227 Å². The van der Waals surface area contributed by atoms with Gasteiger partial charge in [-0.05, 0) is 54.2 Å². The van der Waals surface area contributed by atoms with Gasteiger partial charge in [0.15, 0.2) is 0 Å². The fourth-order valence-electron chi connectivity index (χ4n) is 5.22. The van der Waals surface area contributed by atoms with Crippen LogP contribution in [0.1, 0.15) is 30.0 Å². The van der Waals surface area contributed by atoms with Crippen molar-refractivity contribution in [3.63, 3.8) is 0 Å². The zero-order chi connectivity index (χ0) is 28.1. The molecule has 8 nitrogen and oxygen atoms in total. The first kappa shape index (κ1) is 26.7. The number of benzene rings is 2. The summed E-state index contributed by atoms with van der Waals surface area (Å²) in [5.74, 6) is -1.67. The maximum atomic E-state index is 13.7. The molecule has 2 atom stereocenters. The van der Waals surface area contributed by atoms with Crippen molar-refractivity contribution in [2.24, 2.45) is 7.05 Å². The fraction of sp³-hybridized carbons (Fsp3) is 0.333. The average Bonchev–Trinajstić information content (AvgIpc) is 3.54. The molecule has 1 N–H and O–H groups in total. The lowest BCUT2D eigenvalue weighted by molar-refractivity contribution is -0.187. The van der Waals surface area contributed by atoms with Crippen molar-refractivity contribution in [3.05, 3.63) is 76.6 Å². The van der Waals surface area contributed by atoms with Crippen molar-refractivity contribution in [2.75, 3.05) is 6.54 Å². The number of nitrogens with zero attached hydrogens (tertiary/aromatic N) is 4. The van der Waals surface area contributed by atoms with Gasteiger partial charge in [0, 0.05) is 30.4 Å². The van der Waals surface area contributed by atoms with E-state index in [-0.39, 0.29) is 6.42 Å². The largest absolute Gasteiger partial charge is 0.408 e. The number of carbonyl (C=O) groups is 3. The molecular formula is C27H25ClF3N5O3. The summed E-state index contributed by atoms with van der Waals surface area (Å²) in [5.41, 5.74) is 2.30. The number of amides is 4. The number of fused-ring (bicyclic) bond motifs is 2. The quantitative estimate of drug-likeness (QED) is 0.453. The maximum Gasteiger partial charge on any atom is 0.408 e. The number of carbonyl (C=O) groups excluding carboxylic acids is 3. The highest BCUT2D eigenvalue weighted by molar-refractivity contribution is 6.30. The van der Waals surface area contributed by atoms with Crippen LogP contribution in [0.25, 0.3) is 11.1 Å². The molecule has 12 heteroatoms. The minimum Gasteiger partial charge on any atom is -0.325 e. The number of imide groups is 1. The summed E-state index contributed by atoms with van der Waals surface area (Å²) in [4.78, 5) is 41.1. The number of aryl methyl sites for hydroxylation is 2. The van der Waals surface area contributed by atoms with Gasteiger partial charge in [0.2, 0.25) is 5.91 Å². The number of hydrogen-bond donors (Lipinski definition) is 1. The third-order valence-electron chi connectivity index (χ3n) is 7.35. The van der Waals surface area contributed by atoms with Gasteiger partial charge in [0.1, 0.15) is 18.1 Å². The topological polar surface area (TPSA) is 87.5 Å². The second kappa shape index (κ2) is 9.71. The van der Waals surface area contributed by atoms with Crippen LogP contribution in [0.3, 0.4) is 0 Å². The molecule has 204 valence electrons. The van der Waals surface area contributed by atoms with Crippen LogP contribution < -0.4 is 5.32 Å². The van der Waals surface area contributed by atoms with Gasteiger partial charge in [-0.15, -0.1) is 0 Å². The zero-order valence-corrected chi connectivity index (χ0v) is 21.9. The number of aromatic nitrogens is 2. The molecule has 1 spiro atoms. The molecule has 2 aromatic carbocycles. The summed E-state index contributed by atoms with van der Waals surface area (Å²) in [6.45, 7) is -0.353. The SMILES string of the molecule is C[C@H](N(Cc1cccc(Cl)c1)C(=O)CN1C(=O)N[C@]2(CCc3cc(-c4cnn(C)c4)ccc32)C1=O)C(F)(F)F. The van der Waals surface area contributed by atoms with E-state index in [4.69, 9.17) is 11.6 Å². The highest BCUT2D eigenvalue weighted by Gasteiger charge is 2.56. The molecule has 39 heavy (non-hydrogen) atoms. The van der Waals surface area contributed by atoms with Crippen molar-refractivity contribution in [1.29, 1.82) is 0 Å². The summed E-state index contributed by atoms with van der Waals surface area (Å²) < 4.78 is 42.7. The predicted molar refractivity (Wildman–Crippen MR) is 136 cm³/mol. The maximum absolute atomic E-state index is 13.7. The van der Waals surface area contributed by atoms with Gasteiger partial charge in [0.05, 0.1) is 6.20 Å². The summed E-state index contributed by atoms with van der Waals surface area (Å²) in [7, 11) is 1.81. The molecular weight excluding hydrogens is 535 g/mol. The van der Waals surface area contributed by atoms with Gasteiger partial charge >= 0.3 is 12.2 Å². The Balaban J connectivity index is 1.39. The van der Waals surface area contributed by atoms with E-state index in [9.17, 15) is 27.6 Å². The first-order valence-corrected chi connectivity index (χ1v) is 12.6. The van der Waals surface area contributed by atoms with E-state index in [2.05, 4.69) is 10.4 Å². The molecule has 2 heterocycles. The number of rotatable bonds is 6. The molecule has 0 saturated carbocycles. The normalized spacial score (nSPS) is 19.4. The van der Waals surface area contributed by atoms with Crippen molar-refractivity contribution in [3.8, 4) is 11.1 Å². The third kappa shape index (κ3) is 4.87. The Morgan fingerprint density at radius 2 is 1.97 bits per heavy atom. The lowest BCUT2D eigenvalue weighted by Gasteiger charge is -2.32. The number of halogens is 4. The minimum absolute atomic E-state index is 0.277. The van der Waals surface area contributed by atoms with Crippen molar-refractivity contribution >= 4 is 29.4 Å². The lowest BCUT2D eigenvalue weighted by atomic mass is 9.90. The van der Waals surface area contributed by atoms with E-state index >= 15 is 0 Å². The zero-order valence-electron chi connectivity index (χ0n) is 21.1. The van der Waals surface area contributed by atoms with E-state index in [1.807, 2.05) is 18.3 Å². The molecule has 2 aliphatic rings. The highest BCUT2D eigenvalue weighted by atomic mass is 35.5. The molecule has 0 unspecified atom stereocenters. The van der Waals surface area contributed by atoms with Crippen LogP contribution in [0, 0.1) is 0 Å². The molecule has 3 aromatic rings. The van der Waals surface area contributed by atoms with Crippen LogP contribution in [0.5, 0.6) is 0 Å². The summed E-state index contributed by atoms with van der Waals surface area (Å²) in [6.07, 6.45) is -0.357. The predicted octanol–water partition coefficient (Wildman–Crippen LogP) is 4.41. The van der Waals surface area contributed by atoms with E-state index in [0.29, 0.717) is 32.4 Å². The summed E-state index contributed by atoms with van der Waals surface area (Å²) in [6, 6.07) is 8.70. The molecule has 1 aliphatic carbocycles. The number of alkyl halides is 3. The smallest absolute Gasteiger partial charge is 0.325 e. The van der Waals surface area contributed by atoms with Gasteiger partial charge in [-0.2, -0.15) is 18.3 Å². The monoisotopic (exact) mass is 559 g/mol. The van der Waals surface area contributed by atoms with E-state index < -0.39 is 48.7 Å². The molecule has 1 fully saturated rings. The number of urea groups is 1. The second-order valence-electron chi connectivity index (χ2n) is 9.87. The third-order valence-corrected chi connectivity index (χ3v) is 7.58. The summed E-state index contributed by atoms with van der Waals surface area (Å²) >= 11 is 5.97. The lowest BCUT2D eigenvalue weighted by Crippen LogP contribution is -2.51. The van der Waals surface area contributed by atoms with Crippen LogP contribution >= 0.6 is 11.6 Å². The fourth-order valence-corrected chi connectivity index (χ4v) is 5.43. The van der Waals surface area contributed by atoms with Gasteiger partial charge in [-0.1, -0.05) is 41.9 Å².